The van der Waals surface area contributed by atoms with Gasteiger partial charge in [0, 0.05) is 45.6 Å². The van der Waals surface area contributed by atoms with E-state index >= 15 is 0 Å². The van der Waals surface area contributed by atoms with Gasteiger partial charge in [-0.2, -0.15) is 0 Å². The van der Waals surface area contributed by atoms with Gasteiger partial charge < -0.3 is 19.9 Å². The second kappa shape index (κ2) is 6.39. The monoisotopic (exact) mass is 287 g/mol. The van der Waals surface area contributed by atoms with Gasteiger partial charge in [-0.25, -0.2) is 9.18 Å². The predicted molar refractivity (Wildman–Crippen MR) is 71.1 cm³/mol. The smallest absolute Gasteiger partial charge is 0.317 e. The van der Waals surface area contributed by atoms with Crippen molar-refractivity contribution in [2.24, 2.45) is 0 Å². The van der Waals surface area contributed by atoms with E-state index in [4.69, 9.17) is 4.74 Å². The van der Waals surface area contributed by atoms with E-state index in [-0.39, 0.29) is 32.0 Å². The zero-order chi connectivity index (χ0) is 14.6. The van der Waals surface area contributed by atoms with Crippen molar-refractivity contribution in [2.45, 2.75) is 25.4 Å². The third-order valence-corrected chi connectivity index (χ3v) is 3.85. The number of carbonyl (C=O) groups is 2. The van der Waals surface area contributed by atoms with E-state index in [2.05, 4.69) is 5.32 Å². The van der Waals surface area contributed by atoms with Crippen LogP contribution in [0.1, 0.15) is 19.8 Å². The molecule has 3 amide bonds. The lowest BCUT2D eigenvalue weighted by molar-refractivity contribution is -0.151. The van der Waals surface area contributed by atoms with Crippen LogP contribution in [0.15, 0.2) is 0 Å². The normalized spacial score (nSPS) is 22.5. The van der Waals surface area contributed by atoms with Crippen LogP contribution in [0.25, 0.3) is 0 Å². The maximum atomic E-state index is 14.8. The van der Waals surface area contributed by atoms with Crippen molar-refractivity contribution in [1.82, 2.24) is 15.1 Å². The standard InChI is InChI=1S/C13H22FN3O3/c1-2-15-12(19)17-5-3-13(14,4-6-17)11(18)16-7-9-20-10-8-16/h2-10H2,1H3,(H,15,19). The molecule has 0 radical (unpaired) electrons. The van der Waals surface area contributed by atoms with Crippen molar-refractivity contribution in [2.75, 3.05) is 45.9 Å². The number of hydrogen-bond acceptors (Lipinski definition) is 3. The maximum Gasteiger partial charge on any atom is 0.317 e. The molecule has 0 aromatic carbocycles. The molecular formula is C13H22FN3O3. The molecule has 1 N–H and O–H groups in total. The lowest BCUT2D eigenvalue weighted by atomic mass is 9.91. The van der Waals surface area contributed by atoms with Crippen molar-refractivity contribution >= 4 is 11.9 Å². The highest BCUT2D eigenvalue weighted by Gasteiger charge is 2.45. The third-order valence-electron chi connectivity index (χ3n) is 3.85. The zero-order valence-electron chi connectivity index (χ0n) is 11.9. The molecule has 0 aromatic rings. The van der Waals surface area contributed by atoms with Gasteiger partial charge in [-0.15, -0.1) is 0 Å². The van der Waals surface area contributed by atoms with Gasteiger partial charge in [0.2, 0.25) is 0 Å². The summed E-state index contributed by atoms with van der Waals surface area (Å²) in [5, 5.41) is 2.69. The number of alkyl halides is 1. The summed E-state index contributed by atoms with van der Waals surface area (Å²) in [7, 11) is 0. The molecule has 20 heavy (non-hydrogen) atoms. The first kappa shape index (κ1) is 15.0. The Bertz CT molecular complexity index is 364. The Morgan fingerprint density at radius 2 is 1.75 bits per heavy atom. The SMILES string of the molecule is CCNC(=O)N1CCC(F)(C(=O)N2CCOCC2)CC1. The van der Waals surface area contributed by atoms with Crippen molar-refractivity contribution in [3.63, 3.8) is 0 Å². The van der Waals surface area contributed by atoms with E-state index in [0.717, 1.165) is 0 Å². The summed E-state index contributed by atoms with van der Waals surface area (Å²) in [6.45, 7) is 4.76. The second-order valence-corrected chi connectivity index (χ2v) is 5.19. The molecular weight excluding hydrogens is 265 g/mol. The van der Waals surface area contributed by atoms with Gasteiger partial charge in [-0.3, -0.25) is 4.79 Å². The summed E-state index contributed by atoms with van der Waals surface area (Å²) >= 11 is 0. The fourth-order valence-electron chi connectivity index (χ4n) is 2.59. The lowest BCUT2D eigenvalue weighted by Gasteiger charge is -2.39. The van der Waals surface area contributed by atoms with Gasteiger partial charge in [0.15, 0.2) is 5.67 Å². The quantitative estimate of drug-likeness (QED) is 0.798. The molecule has 2 aliphatic heterocycles. The van der Waals surface area contributed by atoms with Gasteiger partial charge >= 0.3 is 6.03 Å². The Balaban J connectivity index is 1.90. The van der Waals surface area contributed by atoms with Crippen LogP contribution in [0, 0.1) is 0 Å². The molecule has 2 aliphatic rings. The molecule has 6 nitrogen and oxygen atoms in total. The number of nitrogens with one attached hydrogen (secondary N) is 1. The van der Waals surface area contributed by atoms with Crippen molar-refractivity contribution in [3.05, 3.63) is 0 Å². The average Bonchev–Trinajstić information content (AvgIpc) is 2.48. The number of carbonyl (C=O) groups excluding carboxylic acids is 2. The summed E-state index contributed by atoms with van der Waals surface area (Å²) in [5.74, 6) is -0.448. The summed E-state index contributed by atoms with van der Waals surface area (Å²) < 4.78 is 20.0. The molecule has 0 atom stereocenters. The van der Waals surface area contributed by atoms with Gasteiger partial charge in [0.05, 0.1) is 13.2 Å². The molecule has 0 unspecified atom stereocenters. The number of urea groups is 1. The van der Waals surface area contributed by atoms with Crippen molar-refractivity contribution in [3.8, 4) is 0 Å². The van der Waals surface area contributed by atoms with Crippen LogP contribution >= 0.6 is 0 Å². The van der Waals surface area contributed by atoms with Crippen LogP contribution in [-0.2, 0) is 9.53 Å². The summed E-state index contributed by atoms with van der Waals surface area (Å²) in [6.07, 6.45) is 0.140. The highest BCUT2D eigenvalue weighted by molar-refractivity contribution is 5.86. The lowest BCUT2D eigenvalue weighted by Crippen LogP contribution is -2.56. The molecule has 0 bridgehead atoms. The fourth-order valence-corrected chi connectivity index (χ4v) is 2.59. The molecule has 0 aliphatic carbocycles. The number of rotatable bonds is 2. The molecule has 0 saturated carbocycles. The van der Waals surface area contributed by atoms with E-state index in [1.54, 1.807) is 4.90 Å². The number of halogens is 1. The minimum Gasteiger partial charge on any atom is -0.378 e. The predicted octanol–water partition coefficient (Wildman–Crippen LogP) is 0.379. The third kappa shape index (κ3) is 3.20. The zero-order valence-corrected chi connectivity index (χ0v) is 11.9. The minimum atomic E-state index is -1.83. The largest absolute Gasteiger partial charge is 0.378 e. The highest BCUT2D eigenvalue weighted by Crippen LogP contribution is 2.29. The van der Waals surface area contributed by atoms with E-state index in [1.807, 2.05) is 6.92 Å². The number of nitrogens with zero attached hydrogens (tertiary/aromatic N) is 2. The van der Waals surface area contributed by atoms with E-state index in [0.29, 0.717) is 32.8 Å². The first-order valence-corrected chi connectivity index (χ1v) is 7.15. The van der Waals surface area contributed by atoms with Gasteiger partial charge in [0.25, 0.3) is 5.91 Å². The average molecular weight is 287 g/mol. The van der Waals surface area contributed by atoms with Crippen LogP contribution in [0.3, 0.4) is 0 Å². The molecule has 2 rings (SSSR count). The van der Waals surface area contributed by atoms with E-state index in [1.165, 1.54) is 4.90 Å². The van der Waals surface area contributed by atoms with Crippen LogP contribution in [0.2, 0.25) is 0 Å². The first-order chi connectivity index (χ1) is 9.57. The molecule has 7 heteroatoms. The molecule has 114 valence electrons. The van der Waals surface area contributed by atoms with E-state index < -0.39 is 11.6 Å². The van der Waals surface area contributed by atoms with Crippen LogP contribution in [0.5, 0.6) is 0 Å². The summed E-state index contributed by atoms with van der Waals surface area (Å²) in [5.41, 5.74) is -1.83. The second-order valence-electron chi connectivity index (χ2n) is 5.19. The number of amides is 3. The number of piperidine rings is 1. The molecule has 0 aromatic heterocycles. The fraction of sp³-hybridized carbons (Fsp3) is 0.846. The van der Waals surface area contributed by atoms with Gasteiger partial charge in [-0.05, 0) is 6.92 Å². The van der Waals surface area contributed by atoms with Crippen molar-refractivity contribution < 1.29 is 18.7 Å². The summed E-state index contributed by atoms with van der Waals surface area (Å²) in [6, 6.07) is -0.187. The highest BCUT2D eigenvalue weighted by atomic mass is 19.1. The number of hydrogen-bond donors (Lipinski definition) is 1. The Morgan fingerprint density at radius 3 is 2.30 bits per heavy atom. The molecule has 2 saturated heterocycles. The van der Waals surface area contributed by atoms with E-state index in [9.17, 15) is 14.0 Å². The van der Waals surface area contributed by atoms with Gasteiger partial charge in [-0.1, -0.05) is 0 Å². The first-order valence-electron chi connectivity index (χ1n) is 7.15. The Hall–Kier alpha value is -1.37. The van der Waals surface area contributed by atoms with Crippen LogP contribution in [-0.4, -0.2) is 73.3 Å². The molecule has 0 spiro atoms. The number of morpholine rings is 1. The van der Waals surface area contributed by atoms with Crippen molar-refractivity contribution in [1.29, 1.82) is 0 Å². The Morgan fingerprint density at radius 1 is 1.15 bits per heavy atom. The Kier molecular flexibility index (Phi) is 4.80. The Labute approximate surface area is 118 Å². The van der Waals surface area contributed by atoms with Crippen LogP contribution in [0.4, 0.5) is 9.18 Å². The molecule has 2 heterocycles. The number of likely N-dealkylation sites (tertiary alicyclic amines) is 1. The maximum absolute atomic E-state index is 14.8. The summed E-state index contributed by atoms with van der Waals surface area (Å²) in [4.78, 5) is 27.0. The number of ether oxygens (including phenoxy) is 1. The topological polar surface area (TPSA) is 61.9 Å². The minimum absolute atomic E-state index is 0.0698. The van der Waals surface area contributed by atoms with Crippen LogP contribution < -0.4 is 5.32 Å². The molecule has 2 fully saturated rings. The van der Waals surface area contributed by atoms with Gasteiger partial charge in [0.1, 0.15) is 0 Å².